The average Bonchev–Trinajstić information content (AvgIpc) is 2.45. The third-order valence-electron chi connectivity index (χ3n) is 3.40. The van der Waals surface area contributed by atoms with Crippen LogP contribution in [0.5, 0.6) is 0 Å². The van der Waals surface area contributed by atoms with Crippen molar-refractivity contribution < 1.29 is 9.18 Å². The van der Waals surface area contributed by atoms with E-state index in [1.165, 1.54) is 31.5 Å². The zero-order valence-electron chi connectivity index (χ0n) is 11.1. The Balaban J connectivity index is 1.68. The highest BCUT2D eigenvalue weighted by atomic mass is 19.1. The van der Waals surface area contributed by atoms with Crippen LogP contribution in [0.2, 0.25) is 0 Å². The summed E-state index contributed by atoms with van der Waals surface area (Å²) in [6.07, 6.45) is 7.25. The van der Waals surface area contributed by atoms with Gasteiger partial charge in [0.1, 0.15) is 0 Å². The van der Waals surface area contributed by atoms with Gasteiger partial charge in [0.05, 0.1) is 11.8 Å². The van der Waals surface area contributed by atoms with Crippen molar-refractivity contribution in [2.24, 2.45) is 0 Å². The quantitative estimate of drug-likeness (QED) is 0.826. The van der Waals surface area contributed by atoms with Gasteiger partial charge in [-0.05, 0) is 45.0 Å². The summed E-state index contributed by atoms with van der Waals surface area (Å²) in [5.41, 5.74) is 0.0629. The molecule has 1 aliphatic heterocycles. The molecule has 1 N–H and O–H groups in total. The Morgan fingerprint density at radius 2 is 2.16 bits per heavy atom. The third-order valence-corrected chi connectivity index (χ3v) is 3.40. The molecule has 19 heavy (non-hydrogen) atoms. The van der Waals surface area contributed by atoms with Crippen molar-refractivity contribution in [3.05, 3.63) is 29.8 Å². The van der Waals surface area contributed by atoms with Crippen molar-refractivity contribution in [1.29, 1.82) is 0 Å². The molecule has 1 aliphatic rings. The molecule has 1 aromatic rings. The number of nitrogens with zero attached hydrogens (tertiary/aromatic N) is 2. The van der Waals surface area contributed by atoms with Crippen molar-refractivity contribution in [3.8, 4) is 0 Å². The van der Waals surface area contributed by atoms with Crippen molar-refractivity contribution in [3.63, 3.8) is 0 Å². The zero-order valence-corrected chi connectivity index (χ0v) is 11.1. The number of halogens is 1. The largest absolute Gasteiger partial charge is 0.352 e. The normalized spacial score (nSPS) is 16.3. The molecule has 1 saturated heterocycles. The van der Waals surface area contributed by atoms with E-state index in [4.69, 9.17) is 0 Å². The predicted octanol–water partition coefficient (Wildman–Crippen LogP) is 1.83. The van der Waals surface area contributed by atoms with E-state index in [1.807, 2.05) is 0 Å². The summed E-state index contributed by atoms with van der Waals surface area (Å²) in [7, 11) is 0. The second-order valence-corrected chi connectivity index (χ2v) is 4.87. The molecule has 0 aromatic carbocycles. The lowest BCUT2D eigenvalue weighted by Gasteiger charge is -2.26. The first-order chi connectivity index (χ1) is 9.27. The zero-order chi connectivity index (χ0) is 13.5. The number of carbonyl (C=O) groups is 1. The first-order valence-corrected chi connectivity index (χ1v) is 6.87. The van der Waals surface area contributed by atoms with Crippen LogP contribution in [-0.4, -0.2) is 42.0 Å². The highest BCUT2D eigenvalue weighted by Gasteiger charge is 2.12. The van der Waals surface area contributed by atoms with Gasteiger partial charge in [0.2, 0.25) is 0 Å². The summed E-state index contributed by atoms with van der Waals surface area (Å²) in [4.78, 5) is 17.8. The Morgan fingerprint density at radius 3 is 2.89 bits per heavy atom. The van der Waals surface area contributed by atoms with Crippen LogP contribution < -0.4 is 5.32 Å². The number of piperidine rings is 1. The van der Waals surface area contributed by atoms with Gasteiger partial charge in [-0.1, -0.05) is 6.42 Å². The standard InChI is InChI=1S/C14H20FN3O/c15-13-11-16-7-5-12(13)14(19)17-6-4-10-18-8-2-1-3-9-18/h5,7,11H,1-4,6,8-10H2,(H,17,19). The van der Waals surface area contributed by atoms with Crippen molar-refractivity contribution in [2.75, 3.05) is 26.2 Å². The Labute approximate surface area is 113 Å². The molecule has 1 fully saturated rings. The highest BCUT2D eigenvalue weighted by molar-refractivity contribution is 5.94. The molecule has 0 aliphatic carbocycles. The number of hydrogen-bond acceptors (Lipinski definition) is 3. The fourth-order valence-corrected chi connectivity index (χ4v) is 2.34. The molecule has 0 radical (unpaired) electrons. The first-order valence-electron chi connectivity index (χ1n) is 6.87. The van der Waals surface area contributed by atoms with Gasteiger partial charge in [-0.2, -0.15) is 0 Å². The lowest BCUT2D eigenvalue weighted by molar-refractivity contribution is 0.0947. The number of rotatable bonds is 5. The highest BCUT2D eigenvalue weighted by Crippen LogP contribution is 2.08. The molecule has 2 rings (SSSR count). The molecule has 1 aromatic heterocycles. The predicted molar refractivity (Wildman–Crippen MR) is 71.4 cm³/mol. The Kier molecular flexibility index (Phi) is 5.27. The van der Waals surface area contributed by atoms with E-state index in [1.54, 1.807) is 0 Å². The van der Waals surface area contributed by atoms with E-state index < -0.39 is 5.82 Å². The Morgan fingerprint density at radius 1 is 1.37 bits per heavy atom. The van der Waals surface area contributed by atoms with Crippen LogP contribution in [0.3, 0.4) is 0 Å². The van der Waals surface area contributed by atoms with Gasteiger partial charge < -0.3 is 10.2 Å². The van der Waals surface area contributed by atoms with E-state index in [2.05, 4.69) is 15.2 Å². The molecule has 104 valence electrons. The second-order valence-electron chi connectivity index (χ2n) is 4.87. The summed E-state index contributed by atoms with van der Waals surface area (Å²) in [5.74, 6) is -0.936. The maximum atomic E-state index is 13.3. The van der Waals surface area contributed by atoms with Gasteiger partial charge in [-0.25, -0.2) is 4.39 Å². The minimum atomic E-state index is -0.573. The molecule has 0 atom stereocenters. The number of carbonyl (C=O) groups excluding carboxylic acids is 1. The van der Waals surface area contributed by atoms with E-state index in [0.717, 1.165) is 32.3 Å². The number of aromatic nitrogens is 1. The number of pyridine rings is 1. The van der Waals surface area contributed by atoms with E-state index in [-0.39, 0.29) is 11.5 Å². The molecular formula is C14H20FN3O. The molecule has 2 heterocycles. The monoisotopic (exact) mass is 265 g/mol. The van der Waals surface area contributed by atoms with Gasteiger partial charge in [0, 0.05) is 12.7 Å². The van der Waals surface area contributed by atoms with Crippen LogP contribution in [0.1, 0.15) is 36.0 Å². The van der Waals surface area contributed by atoms with Crippen LogP contribution in [0.4, 0.5) is 4.39 Å². The Hall–Kier alpha value is -1.49. The topological polar surface area (TPSA) is 45.2 Å². The van der Waals surface area contributed by atoms with Gasteiger partial charge >= 0.3 is 0 Å². The summed E-state index contributed by atoms with van der Waals surface area (Å²) in [5, 5.41) is 2.75. The lowest BCUT2D eigenvalue weighted by atomic mass is 10.1. The number of hydrogen-bond donors (Lipinski definition) is 1. The summed E-state index contributed by atoms with van der Waals surface area (Å²) in [6.45, 7) is 3.90. The molecule has 1 amide bonds. The van der Waals surface area contributed by atoms with E-state index in [9.17, 15) is 9.18 Å². The van der Waals surface area contributed by atoms with Gasteiger partial charge in [0.25, 0.3) is 5.91 Å². The molecule has 0 spiro atoms. The second kappa shape index (κ2) is 7.19. The smallest absolute Gasteiger partial charge is 0.254 e. The number of nitrogens with one attached hydrogen (secondary N) is 1. The maximum Gasteiger partial charge on any atom is 0.254 e. The molecular weight excluding hydrogens is 245 g/mol. The van der Waals surface area contributed by atoms with Crippen molar-refractivity contribution in [1.82, 2.24) is 15.2 Å². The van der Waals surface area contributed by atoms with Crippen molar-refractivity contribution >= 4 is 5.91 Å². The van der Waals surface area contributed by atoms with Crippen molar-refractivity contribution in [2.45, 2.75) is 25.7 Å². The SMILES string of the molecule is O=C(NCCCN1CCCCC1)c1ccncc1F. The summed E-state index contributed by atoms with van der Waals surface area (Å²) < 4.78 is 13.3. The van der Waals surface area contributed by atoms with Gasteiger partial charge in [-0.3, -0.25) is 9.78 Å². The number of likely N-dealkylation sites (tertiary alicyclic amines) is 1. The summed E-state index contributed by atoms with van der Waals surface area (Å²) >= 11 is 0. The minimum Gasteiger partial charge on any atom is -0.352 e. The van der Waals surface area contributed by atoms with Crippen LogP contribution in [0.25, 0.3) is 0 Å². The molecule has 0 saturated carbocycles. The van der Waals surface area contributed by atoms with Crippen LogP contribution in [-0.2, 0) is 0 Å². The Bertz CT molecular complexity index is 419. The fourth-order valence-electron chi connectivity index (χ4n) is 2.34. The number of amides is 1. The van der Waals surface area contributed by atoms with Crippen LogP contribution in [0, 0.1) is 5.82 Å². The molecule has 0 unspecified atom stereocenters. The maximum absolute atomic E-state index is 13.3. The average molecular weight is 265 g/mol. The van der Waals surface area contributed by atoms with Crippen LogP contribution >= 0.6 is 0 Å². The third kappa shape index (κ3) is 4.28. The van der Waals surface area contributed by atoms with E-state index >= 15 is 0 Å². The molecule has 4 nitrogen and oxygen atoms in total. The minimum absolute atomic E-state index is 0.0629. The van der Waals surface area contributed by atoms with Gasteiger partial charge in [0.15, 0.2) is 5.82 Å². The fraction of sp³-hybridized carbons (Fsp3) is 0.571. The lowest BCUT2D eigenvalue weighted by Crippen LogP contribution is -2.33. The van der Waals surface area contributed by atoms with E-state index in [0.29, 0.717) is 6.54 Å². The van der Waals surface area contributed by atoms with Gasteiger partial charge in [-0.15, -0.1) is 0 Å². The molecule has 5 heteroatoms. The molecule has 0 bridgehead atoms. The summed E-state index contributed by atoms with van der Waals surface area (Å²) in [6, 6.07) is 1.40. The van der Waals surface area contributed by atoms with Crippen LogP contribution in [0.15, 0.2) is 18.5 Å². The first kappa shape index (κ1) is 13.9.